The smallest absolute Gasteiger partial charge is 0.370 e. The number of carbonyl (C=O) groups is 1. The summed E-state index contributed by atoms with van der Waals surface area (Å²) < 4.78 is 12.9. The first kappa shape index (κ1) is 23.4. The summed E-state index contributed by atoms with van der Waals surface area (Å²) in [6, 6.07) is 8.24. The predicted octanol–water partition coefficient (Wildman–Crippen LogP) is 5.86. The fraction of sp³-hybridized carbons (Fsp3) is 0.435. The minimum absolute atomic E-state index is 0.0470. The van der Waals surface area contributed by atoms with Crippen molar-refractivity contribution in [3.63, 3.8) is 0 Å². The number of carbonyl (C=O) groups excluding carboxylic acids is 1. The summed E-state index contributed by atoms with van der Waals surface area (Å²) in [5, 5.41) is 4.54. The topological polar surface area (TPSA) is 65.7 Å². The fourth-order valence-electron chi connectivity index (χ4n) is 3.23. The van der Waals surface area contributed by atoms with Crippen LogP contribution in [0.5, 0.6) is 0 Å². The van der Waals surface area contributed by atoms with Crippen LogP contribution in [0.3, 0.4) is 0 Å². The molecule has 1 aliphatic heterocycles. The van der Waals surface area contributed by atoms with E-state index in [1.807, 2.05) is 27.1 Å². The minimum Gasteiger partial charge on any atom is -0.455 e. The molecule has 0 bridgehead atoms. The van der Waals surface area contributed by atoms with Crippen molar-refractivity contribution in [1.82, 2.24) is 9.78 Å². The molecule has 166 valence electrons. The summed E-state index contributed by atoms with van der Waals surface area (Å²) in [6.45, 7) is 10.0. The van der Waals surface area contributed by atoms with Gasteiger partial charge in [-0.1, -0.05) is 63.6 Å². The van der Waals surface area contributed by atoms with Crippen molar-refractivity contribution >= 4 is 46.2 Å². The van der Waals surface area contributed by atoms with E-state index in [9.17, 15) is 4.79 Å². The van der Waals surface area contributed by atoms with E-state index in [0.29, 0.717) is 27.9 Å². The number of aryl methyl sites for hydroxylation is 2. The molecule has 31 heavy (non-hydrogen) atoms. The van der Waals surface area contributed by atoms with Crippen LogP contribution in [-0.2, 0) is 21.9 Å². The van der Waals surface area contributed by atoms with Gasteiger partial charge in [0.05, 0.1) is 10.7 Å². The van der Waals surface area contributed by atoms with Crippen LogP contribution in [0.15, 0.2) is 29.3 Å². The monoisotopic (exact) mass is 461 g/mol. The number of nitrogens with zero attached hydrogens (tertiary/aromatic N) is 3. The second-order valence-electron chi connectivity index (χ2n) is 8.27. The number of aliphatic imine (C=N–C) groups is 1. The number of benzene rings is 1. The Bertz CT molecular complexity index is 1010. The third kappa shape index (κ3) is 5.52. The Hall–Kier alpha value is -2.25. The molecule has 0 saturated carbocycles. The van der Waals surface area contributed by atoms with Crippen LogP contribution in [0.25, 0.3) is 11.3 Å². The van der Waals surface area contributed by atoms with Crippen LogP contribution in [0, 0.1) is 6.92 Å². The molecule has 0 fully saturated rings. The van der Waals surface area contributed by atoms with Crippen molar-refractivity contribution in [2.45, 2.75) is 46.1 Å². The number of rotatable bonds is 7. The van der Waals surface area contributed by atoms with Gasteiger partial charge < -0.3 is 9.47 Å². The molecule has 1 aromatic heterocycles. The summed E-state index contributed by atoms with van der Waals surface area (Å²) in [4.78, 5) is 16.2. The highest BCUT2D eigenvalue weighted by atomic mass is 35.5. The lowest BCUT2D eigenvalue weighted by Gasteiger charge is -2.20. The summed E-state index contributed by atoms with van der Waals surface area (Å²) in [5.74, 6) is 1.14. The molecular formula is C23H28ClN3O3S. The second-order valence-corrected chi connectivity index (χ2v) is 9.85. The molecule has 0 saturated heterocycles. The summed E-state index contributed by atoms with van der Waals surface area (Å²) in [5.41, 5.74) is 4.43. The highest BCUT2D eigenvalue weighted by Gasteiger charge is 2.30. The summed E-state index contributed by atoms with van der Waals surface area (Å²) in [7, 11) is 1.81. The van der Waals surface area contributed by atoms with Gasteiger partial charge in [0.15, 0.2) is 5.76 Å². The molecule has 0 aliphatic carbocycles. The minimum atomic E-state index is -0.382. The van der Waals surface area contributed by atoms with Crippen molar-refractivity contribution in [3.8, 4) is 0 Å². The van der Waals surface area contributed by atoms with Crippen LogP contribution >= 0.6 is 23.4 Å². The maximum Gasteiger partial charge on any atom is 0.370 e. The van der Waals surface area contributed by atoms with E-state index in [2.05, 4.69) is 55.1 Å². The Kier molecular flexibility index (Phi) is 7.17. The number of halogens is 1. The first-order valence-electron chi connectivity index (χ1n) is 10.1. The highest BCUT2D eigenvalue weighted by Crippen LogP contribution is 2.38. The van der Waals surface area contributed by atoms with Gasteiger partial charge in [0.1, 0.15) is 11.7 Å². The van der Waals surface area contributed by atoms with Gasteiger partial charge in [0.2, 0.25) is 6.79 Å². The Morgan fingerprint density at radius 2 is 1.87 bits per heavy atom. The maximum atomic E-state index is 11.8. The van der Waals surface area contributed by atoms with Gasteiger partial charge >= 0.3 is 5.30 Å². The van der Waals surface area contributed by atoms with Gasteiger partial charge in [-0.25, -0.2) is 4.79 Å². The van der Waals surface area contributed by atoms with Crippen molar-refractivity contribution in [2.75, 3.05) is 12.5 Å². The first-order chi connectivity index (χ1) is 14.6. The molecule has 0 N–H and O–H groups in total. The quantitative estimate of drug-likeness (QED) is 0.293. The van der Waals surface area contributed by atoms with Gasteiger partial charge in [-0.2, -0.15) is 5.10 Å². The van der Waals surface area contributed by atoms with Gasteiger partial charge in [-0.3, -0.25) is 9.67 Å². The van der Waals surface area contributed by atoms with E-state index < -0.39 is 0 Å². The molecule has 1 aliphatic rings. The Morgan fingerprint density at radius 1 is 1.23 bits per heavy atom. The Balaban J connectivity index is 2.05. The van der Waals surface area contributed by atoms with Crippen LogP contribution < -0.4 is 0 Å². The van der Waals surface area contributed by atoms with Gasteiger partial charge in [0, 0.05) is 24.6 Å². The van der Waals surface area contributed by atoms with E-state index in [0.717, 1.165) is 22.9 Å². The molecule has 6 nitrogen and oxygen atoms in total. The van der Waals surface area contributed by atoms with Crippen molar-refractivity contribution in [3.05, 3.63) is 51.8 Å². The van der Waals surface area contributed by atoms with E-state index in [-0.39, 0.29) is 23.6 Å². The second kappa shape index (κ2) is 9.49. The van der Waals surface area contributed by atoms with Crippen molar-refractivity contribution in [2.24, 2.45) is 12.0 Å². The van der Waals surface area contributed by atoms with Crippen LogP contribution in [-0.4, -0.2) is 39.9 Å². The molecule has 8 heteroatoms. The van der Waals surface area contributed by atoms with Crippen LogP contribution in [0.2, 0.25) is 5.02 Å². The molecule has 2 heterocycles. The fourth-order valence-corrected chi connectivity index (χ4v) is 3.84. The van der Waals surface area contributed by atoms with Crippen molar-refractivity contribution in [1.29, 1.82) is 0 Å². The lowest BCUT2D eigenvalue weighted by Crippen LogP contribution is -2.12. The van der Waals surface area contributed by atoms with Gasteiger partial charge in [-0.15, -0.1) is 0 Å². The van der Waals surface area contributed by atoms with Crippen LogP contribution in [0.1, 0.15) is 50.2 Å². The molecule has 3 rings (SSSR count). The van der Waals surface area contributed by atoms with Crippen molar-refractivity contribution < 1.29 is 14.3 Å². The van der Waals surface area contributed by atoms with E-state index in [4.69, 9.17) is 21.1 Å². The normalized spacial score (nSPS) is 16.2. The average molecular weight is 462 g/mol. The van der Waals surface area contributed by atoms with Gasteiger partial charge in [-0.05, 0) is 35.2 Å². The third-order valence-electron chi connectivity index (χ3n) is 4.91. The molecule has 2 aromatic rings. The van der Waals surface area contributed by atoms with E-state index >= 15 is 0 Å². The highest BCUT2D eigenvalue weighted by molar-refractivity contribution is 8.13. The zero-order chi connectivity index (χ0) is 22.8. The third-order valence-corrected chi connectivity index (χ3v) is 6.00. The standard InChI is InChI=1S/C23H28ClN3O3S/c1-7-31-22(28)30-13-29-21(20-19(24)14(2)26-27(20)6)18(17-12-25-17)15-8-10-16(11-9-15)23(3,4)5/h8-12,17H,7,13H2,1-6H3/b21-18+. The predicted molar refractivity (Wildman–Crippen MR) is 128 cm³/mol. The van der Waals surface area contributed by atoms with E-state index in [1.165, 1.54) is 5.56 Å². The Morgan fingerprint density at radius 3 is 2.35 bits per heavy atom. The first-order valence-corrected chi connectivity index (χ1v) is 11.5. The molecule has 1 unspecified atom stereocenters. The largest absolute Gasteiger partial charge is 0.455 e. The zero-order valence-corrected chi connectivity index (χ0v) is 20.3. The molecule has 1 atom stereocenters. The number of ether oxygens (including phenoxy) is 2. The van der Waals surface area contributed by atoms with E-state index in [1.54, 1.807) is 4.68 Å². The lowest BCUT2D eigenvalue weighted by atomic mass is 9.86. The van der Waals surface area contributed by atoms with Crippen LogP contribution in [0.4, 0.5) is 4.79 Å². The lowest BCUT2D eigenvalue weighted by molar-refractivity contribution is 0.0586. The summed E-state index contributed by atoms with van der Waals surface area (Å²) >= 11 is 7.68. The maximum absolute atomic E-state index is 11.8. The Labute approximate surface area is 192 Å². The molecule has 1 aromatic carbocycles. The number of aromatic nitrogens is 2. The van der Waals surface area contributed by atoms with Gasteiger partial charge in [0.25, 0.3) is 0 Å². The zero-order valence-electron chi connectivity index (χ0n) is 18.7. The average Bonchev–Trinajstić information content (AvgIpc) is 3.49. The molecule has 0 radical (unpaired) electrons. The number of hydrogen-bond donors (Lipinski definition) is 0. The number of thioether (sulfide) groups is 1. The molecule has 0 spiro atoms. The number of hydrogen-bond acceptors (Lipinski definition) is 6. The SMILES string of the molecule is CCSC(=O)OCO/C(=C(\c1ccc(C(C)(C)C)cc1)C1C=N1)c1c(Cl)c(C)nn1C. The molecule has 0 amide bonds. The summed E-state index contributed by atoms with van der Waals surface area (Å²) in [6.07, 6.45) is 1.85. The molecular weight excluding hydrogens is 434 g/mol.